The predicted molar refractivity (Wildman–Crippen MR) is 93.7 cm³/mol. The molecule has 2 aromatic rings. The number of aromatic nitrogens is 3. The van der Waals surface area contributed by atoms with E-state index in [0.29, 0.717) is 36.8 Å². The summed E-state index contributed by atoms with van der Waals surface area (Å²) in [5.41, 5.74) is 1.07. The zero-order valence-corrected chi connectivity index (χ0v) is 15.2. The molecule has 2 aromatic heterocycles. The van der Waals surface area contributed by atoms with Gasteiger partial charge in [-0.05, 0) is 25.3 Å². The Labute approximate surface area is 151 Å². The van der Waals surface area contributed by atoms with Crippen LogP contribution < -0.4 is 5.69 Å². The highest BCUT2D eigenvalue weighted by atomic mass is 16.5. The average molecular weight is 360 g/mol. The highest BCUT2D eigenvalue weighted by molar-refractivity contribution is 5.92. The Morgan fingerprint density at radius 3 is 2.85 bits per heavy atom. The van der Waals surface area contributed by atoms with Crippen molar-refractivity contribution in [1.29, 1.82) is 0 Å². The number of aromatic amines is 1. The molecule has 0 aromatic carbocycles. The van der Waals surface area contributed by atoms with Crippen LogP contribution in [0.5, 0.6) is 0 Å². The largest absolute Gasteiger partial charge is 0.391 e. The quantitative estimate of drug-likeness (QED) is 0.821. The molecule has 0 spiro atoms. The SMILES string of the molecule is Cc1cc(C[C@@H]2CN(C(=O)c3cc(CC(C)C)[nH]c(=O)n3)C[C@H]2O)on1. The van der Waals surface area contributed by atoms with E-state index in [2.05, 4.69) is 15.1 Å². The maximum absolute atomic E-state index is 12.7. The van der Waals surface area contributed by atoms with Crippen LogP contribution in [0.2, 0.25) is 0 Å². The summed E-state index contributed by atoms with van der Waals surface area (Å²) in [5.74, 6) is 0.563. The van der Waals surface area contributed by atoms with Gasteiger partial charge in [0.1, 0.15) is 11.5 Å². The van der Waals surface area contributed by atoms with Gasteiger partial charge in [-0.1, -0.05) is 19.0 Å². The molecule has 1 aliphatic heterocycles. The molecule has 1 aliphatic rings. The number of aliphatic hydroxyl groups is 1. The molecule has 8 heteroatoms. The number of likely N-dealkylation sites (tertiary alicyclic amines) is 1. The summed E-state index contributed by atoms with van der Waals surface area (Å²) < 4.78 is 5.20. The van der Waals surface area contributed by atoms with Gasteiger partial charge < -0.3 is 19.5 Å². The molecular formula is C18H24N4O4. The lowest BCUT2D eigenvalue weighted by Crippen LogP contribution is -2.32. The fourth-order valence-electron chi connectivity index (χ4n) is 3.32. The van der Waals surface area contributed by atoms with Crippen LogP contribution in [-0.2, 0) is 12.8 Å². The Bertz CT molecular complexity index is 842. The Morgan fingerprint density at radius 2 is 2.19 bits per heavy atom. The summed E-state index contributed by atoms with van der Waals surface area (Å²) in [6.45, 7) is 6.50. The second-order valence-electron chi connectivity index (χ2n) is 7.37. The molecule has 3 rings (SSSR count). The average Bonchev–Trinajstić information content (AvgIpc) is 3.12. The van der Waals surface area contributed by atoms with Gasteiger partial charge in [0.2, 0.25) is 0 Å². The fourth-order valence-corrected chi connectivity index (χ4v) is 3.32. The molecule has 0 aliphatic carbocycles. The molecule has 2 atom stereocenters. The van der Waals surface area contributed by atoms with Crippen LogP contribution in [0.25, 0.3) is 0 Å². The number of H-pyrrole nitrogens is 1. The minimum absolute atomic E-state index is 0.118. The van der Waals surface area contributed by atoms with Crippen molar-refractivity contribution >= 4 is 5.91 Å². The van der Waals surface area contributed by atoms with E-state index in [4.69, 9.17) is 4.52 Å². The maximum Gasteiger partial charge on any atom is 0.345 e. The van der Waals surface area contributed by atoms with Crippen molar-refractivity contribution < 1.29 is 14.4 Å². The van der Waals surface area contributed by atoms with Crippen molar-refractivity contribution in [2.45, 2.75) is 39.7 Å². The number of nitrogens with one attached hydrogen (secondary N) is 1. The van der Waals surface area contributed by atoms with E-state index in [-0.39, 0.29) is 24.1 Å². The van der Waals surface area contributed by atoms with Gasteiger partial charge in [-0.25, -0.2) is 4.79 Å². The Hall–Kier alpha value is -2.48. The number of aliphatic hydroxyl groups excluding tert-OH is 1. The molecule has 2 N–H and O–H groups in total. The lowest BCUT2D eigenvalue weighted by atomic mass is 10.0. The number of β-amino-alcohol motifs (C(OH)–C–C–N with tert-alkyl or cyclic N) is 1. The van der Waals surface area contributed by atoms with E-state index in [9.17, 15) is 14.7 Å². The van der Waals surface area contributed by atoms with Crippen LogP contribution in [0.3, 0.4) is 0 Å². The molecule has 0 radical (unpaired) electrons. The second-order valence-corrected chi connectivity index (χ2v) is 7.37. The monoisotopic (exact) mass is 360 g/mol. The molecule has 1 saturated heterocycles. The number of hydrogen-bond donors (Lipinski definition) is 2. The first-order valence-corrected chi connectivity index (χ1v) is 8.81. The Balaban J connectivity index is 1.72. The fraction of sp³-hybridized carbons (Fsp3) is 0.556. The zero-order chi connectivity index (χ0) is 18.8. The molecule has 0 bridgehead atoms. The lowest BCUT2D eigenvalue weighted by molar-refractivity contribution is 0.0758. The molecule has 0 unspecified atom stereocenters. The van der Waals surface area contributed by atoms with Crippen LogP contribution >= 0.6 is 0 Å². The Kier molecular flexibility index (Phi) is 5.22. The summed E-state index contributed by atoms with van der Waals surface area (Å²) >= 11 is 0. The van der Waals surface area contributed by atoms with E-state index in [1.807, 2.05) is 26.8 Å². The van der Waals surface area contributed by atoms with E-state index in [0.717, 1.165) is 5.69 Å². The van der Waals surface area contributed by atoms with Crippen molar-refractivity contribution in [3.05, 3.63) is 45.5 Å². The van der Waals surface area contributed by atoms with Crippen LogP contribution in [-0.4, -0.2) is 50.2 Å². The van der Waals surface area contributed by atoms with Crippen molar-refractivity contribution in [2.24, 2.45) is 11.8 Å². The number of carbonyl (C=O) groups excluding carboxylic acids is 1. The smallest absolute Gasteiger partial charge is 0.345 e. The van der Waals surface area contributed by atoms with Crippen LogP contribution in [0.1, 0.15) is 41.5 Å². The first kappa shape index (κ1) is 18.3. The first-order valence-electron chi connectivity index (χ1n) is 8.81. The van der Waals surface area contributed by atoms with Crippen LogP contribution in [0.4, 0.5) is 0 Å². The van der Waals surface area contributed by atoms with Crippen molar-refractivity contribution in [3.63, 3.8) is 0 Å². The summed E-state index contributed by atoms with van der Waals surface area (Å²) in [4.78, 5) is 32.5. The molecule has 1 fully saturated rings. The third kappa shape index (κ3) is 4.19. The minimum Gasteiger partial charge on any atom is -0.391 e. The molecule has 140 valence electrons. The number of nitrogens with zero attached hydrogens (tertiary/aromatic N) is 3. The summed E-state index contributed by atoms with van der Waals surface area (Å²) in [6, 6.07) is 3.46. The van der Waals surface area contributed by atoms with Gasteiger partial charge >= 0.3 is 5.69 Å². The predicted octanol–water partition coefficient (Wildman–Crippen LogP) is 0.940. The van der Waals surface area contributed by atoms with E-state index in [1.54, 1.807) is 11.0 Å². The lowest BCUT2D eigenvalue weighted by Gasteiger charge is -2.15. The third-order valence-corrected chi connectivity index (χ3v) is 4.48. The van der Waals surface area contributed by atoms with E-state index >= 15 is 0 Å². The number of hydrogen-bond acceptors (Lipinski definition) is 6. The van der Waals surface area contributed by atoms with Crippen LogP contribution in [0, 0.1) is 18.8 Å². The van der Waals surface area contributed by atoms with Crippen molar-refractivity contribution in [1.82, 2.24) is 20.0 Å². The van der Waals surface area contributed by atoms with Gasteiger partial charge in [-0.15, -0.1) is 0 Å². The molecule has 1 amide bonds. The van der Waals surface area contributed by atoms with Gasteiger partial charge in [-0.3, -0.25) is 4.79 Å². The zero-order valence-electron chi connectivity index (χ0n) is 15.2. The molecule has 3 heterocycles. The summed E-state index contributed by atoms with van der Waals surface area (Å²) in [5, 5.41) is 14.2. The first-order chi connectivity index (χ1) is 12.3. The van der Waals surface area contributed by atoms with Gasteiger partial charge in [-0.2, -0.15) is 4.98 Å². The standard InChI is InChI=1S/C18H24N4O4/c1-10(2)4-13-7-15(20-18(25)19-13)17(24)22-8-12(16(23)9-22)6-14-5-11(3)21-26-14/h5,7,10,12,16,23H,4,6,8-9H2,1-3H3,(H,19,20,25)/t12-,16-/m1/s1. The molecular weight excluding hydrogens is 336 g/mol. The topological polar surface area (TPSA) is 112 Å². The molecule has 26 heavy (non-hydrogen) atoms. The van der Waals surface area contributed by atoms with Crippen molar-refractivity contribution in [2.75, 3.05) is 13.1 Å². The number of carbonyl (C=O) groups is 1. The summed E-state index contributed by atoms with van der Waals surface area (Å²) in [6.07, 6.45) is 0.517. The van der Waals surface area contributed by atoms with Gasteiger partial charge in [0.05, 0.1) is 11.8 Å². The van der Waals surface area contributed by atoms with Crippen LogP contribution in [0.15, 0.2) is 21.5 Å². The summed E-state index contributed by atoms with van der Waals surface area (Å²) in [7, 11) is 0. The molecule has 0 saturated carbocycles. The van der Waals surface area contributed by atoms with Crippen molar-refractivity contribution in [3.8, 4) is 0 Å². The third-order valence-electron chi connectivity index (χ3n) is 4.48. The number of aryl methyl sites for hydroxylation is 1. The van der Waals surface area contributed by atoms with Gasteiger partial charge in [0.15, 0.2) is 0 Å². The Morgan fingerprint density at radius 1 is 1.42 bits per heavy atom. The highest BCUT2D eigenvalue weighted by Crippen LogP contribution is 2.23. The minimum atomic E-state index is -0.651. The highest BCUT2D eigenvalue weighted by Gasteiger charge is 2.35. The normalized spacial score (nSPS) is 20.1. The maximum atomic E-state index is 12.7. The van der Waals surface area contributed by atoms with E-state index < -0.39 is 11.8 Å². The number of rotatable bonds is 5. The van der Waals surface area contributed by atoms with Gasteiger partial charge in [0, 0.05) is 37.2 Å². The number of amides is 1. The molecule has 8 nitrogen and oxygen atoms in total. The second kappa shape index (κ2) is 7.41. The van der Waals surface area contributed by atoms with E-state index in [1.165, 1.54) is 0 Å². The van der Waals surface area contributed by atoms with Gasteiger partial charge in [0.25, 0.3) is 5.91 Å².